The molecule has 0 saturated heterocycles. The molecule has 2 aromatic rings. The largest absolute Gasteiger partial charge is 0.497 e. The molecule has 0 fully saturated rings. The molecule has 9 heteroatoms. The Labute approximate surface area is 151 Å². The molecule has 1 atom stereocenters. The SMILES string of the molecule is COc1ccc(C(=O)N2N=C(c3ccc(F)cc3)CC2(O)C(F)(F)F)cc1. The molecule has 142 valence electrons. The summed E-state index contributed by atoms with van der Waals surface area (Å²) in [5, 5.41) is 14.0. The fraction of sp³-hybridized carbons (Fsp3) is 0.222. The number of halogens is 4. The smallest absolute Gasteiger partial charge is 0.438 e. The summed E-state index contributed by atoms with van der Waals surface area (Å²) < 4.78 is 58.6. The van der Waals surface area contributed by atoms with Crippen LogP contribution in [0.25, 0.3) is 0 Å². The molecule has 2 aromatic carbocycles. The summed E-state index contributed by atoms with van der Waals surface area (Å²) in [6.07, 6.45) is -6.12. The first-order chi connectivity index (χ1) is 12.7. The maximum absolute atomic E-state index is 13.5. The van der Waals surface area contributed by atoms with Crippen molar-refractivity contribution in [3.8, 4) is 5.75 Å². The summed E-state index contributed by atoms with van der Waals surface area (Å²) >= 11 is 0. The summed E-state index contributed by atoms with van der Waals surface area (Å²) in [6, 6.07) is 9.91. The number of carbonyl (C=O) groups is 1. The Morgan fingerprint density at radius 3 is 2.26 bits per heavy atom. The lowest BCUT2D eigenvalue weighted by Gasteiger charge is -2.32. The van der Waals surface area contributed by atoms with E-state index in [1.165, 1.54) is 43.5 Å². The molecular formula is C18H14F4N2O3. The number of hydrogen-bond acceptors (Lipinski definition) is 4. The molecule has 1 N–H and O–H groups in total. The second-order valence-electron chi connectivity index (χ2n) is 5.89. The second-order valence-corrected chi connectivity index (χ2v) is 5.89. The van der Waals surface area contributed by atoms with Crippen LogP contribution in [0.1, 0.15) is 22.3 Å². The lowest BCUT2D eigenvalue weighted by atomic mass is 10.0. The van der Waals surface area contributed by atoms with Gasteiger partial charge in [-0.25, -0.2) is 4.39 Å². The van der Waals surface area contributed by atoms with Gasteiger partial charge < -0.3 is 9.84 Å². The van der Waals surface area contributed by atoms with Crippen LogP contribution in [0.5, 0.6) is 5.75 Å². The molecule has 0 spiro atoms. The number of carbonyl (C=O) groups excluding carboxylic acids is 1. The highest BCUT2D eigenvalue weighted by Gasteiger charge is 2.63. The van der Waals surface area contributed by atoms with Crippen molar-refractivity contribution in [1.29, 1.82) is 0 Å². The number of aliphatic hydroxyl groups is 1. The molecule has 0 saturated carbocycles. The Morgan fingerprint density at radius 2 is 1.74 bits per heavy atom. The minimum atomic E-state index is -5.15. The minimum absolute atomic E-state index is 0.0213. The number of amides is 1. The van der Waals surface area contributed by atoms with Gasteiger partial charge in [0.2, 0.25) is 0 Å². The van der Waals surface area contributed by atoms with Gasteiger partial charge in [0.1, 0.15) is 11.6 Å². The average Bonchev–Trinajstić information content (AvgIpc) is 3.00. The van der Waals surface area contributed by atoms with Gasteiger partial charge >= 0.3 is 6.18 Å². The number of benzene rings is 2. The Kier molecular flexibility index (Phi) is 4.64. The summed E-state index contributed by atoms with van der Waals surface area (Å²) in [6.45, 7) is 0. The van der Waals surface area contributed by atoms with Crippen LogP contribution in [-0.2, 0) is 0 Å². The molecule has 1 heterocycles. The van der Waals surface area contributed by atoms with Crippen molar-refractivity contribution in [2.45, 2.75) is 18.3 Å². The lowest BCUT2D eigenvalue weighted by Crippen LogP contribution is -2.56. The van der Waals surface area contributed by atoms with E-state index in [2.05, 4.69) is 5.10 Å². The Bertz CT molecular complexity index is 879. The maximum atomic E-state index is 13.5. The van der Waals surface area contributed by atoms with Gasteiger partial charge in [0.15, 0.2) is 0 Å². The molecule has 0 bridgehead atoms. The molecule has 1 aliphatic heterocycles. The van der Waals surface area contributed by atoms with Gasteiger partial charge in [-0.15, -0.1) is 0 Å². The van der Waals surface area contributed by atoms with E-state index in [1.807, 2.05) is 0 Å². The molecule has 27 heavy (non-hydrogen) atoms. The third-order valence-corrected chi connectivity index (χ3v) is 4.15. The van der Waals surface area contributed by atoms with E-state index in [-0.39, 0.29) is 21.8 Å². The quantitative estimate of drug-likeness (QED) is 0.829. The Morgan fingerprint density at radius 1 is 1.15 bits per heavy atom. The van der Waals surface area contributed by atoms with Crippen LogP contribution < -0.4 is 4.74 Å². The summed E-state index contributed by atoms with van der Waals surface area (Å²) in [4.78, 5) is 12.6. The van der Waals surface area contributed by atoms with Crippen LogP contribution in [0.15, 0.2) is 53.6 Å². The van der Waals surface area contributed by atoms with E-state index in [4.69, 9.17) is 4.74 Å². The summed E-state index contributed by atoms with van der Waals surface area (Å²) in [7, 11) is 1.40. The number of hydrogen-bond donors (Lipinski definition) is 1. The third-order valence-electron chi connectivity index (χ3n) is 4.15. The molecule has 1 aliphatic rings. The first kappa shape index (κ1) is 18.8. The van der Waals surface area contributed by atoms with Crippen LogP contribution in [0.4, 0.5) is 17.6 Å². The average molecular weight is 382 g/mol. The number of rotatable bonds is 3. The van der Waals surface area contributed by atoms with E-state index in [9.17, 15) is 27.5 Å². The molecule has 3 rings (SSSR count). The summed E-state index contributed by atoms with van der Waals surface area (Å²) in [5.74, 6) is -1.29. The van der Waals surface area contributed by atoms with Crippen molar-refractivity contribution in [2.75, 3.05) is 7.11 Å². The van der Waals surface area contributed by atoms with E-state index >= 15 is 0 Å². The zero-order valence-electron chi connectivity index (χ0n) is 14.0. The van der Waals surface area contributed by atoms with Crippen molar-refractivity contribution in [1.82, 2.24) is 5.01 Å². The van der Waals surface area contributed by atoms with Gasteiger partial charge in [-0.2, -0.15) is 23.3 Å². The highest BCUT2D eigenvalue weighted by Crippen LogP contribution is 2.42. The number of ether oxygens (including phenoxy) is 1. The fourth-order valence-electron chi connectivity index (χ4n) is 2.64. The van der Waals surface area contributed by atoms with Crippen LogP contribution >= 0.6 is 0 Å². The molecule has 0 aromatic heterocycles. The molecule has 0 aliphatic carbocycles. The third kappa shape index (κ3) is 3.37. The van der Waals surface area contributed by atoms with Crippen molar-refractivity contribution in [3.63, 3.8) is 0 Å². The first-order valence-corrected chi connectivity index (χ1v) is 7.77. The van der Waals surface area contributed by atoms with Crippen molar-refractivity contribution in [2.24, 2.45) is 5.10 Å². The Hall–Kier alpha value is -2.94. The van der Waals surface area contributed by atoms with Gasteiger partial charge in [-0.05, 0) is 42.0 Å². The minimum Gasteiger partial charge on any atom is -0.497 e. The standard InChI is InChI=1S/C18H14F4N2O3/c1-27-14-8-4-12(5-9-14)16(25)24-17(26,18(20,21)22)10-15(23-24)11-2-6-13(19)7-3-11/h2-9,26H,10H2,1H3. The predicted octanol–water partition coefficient (Wildman–Crippen LogP) is 3.34. The van der Waals surface area contributed by atoms with Crippen LogP contribution in [0.2, 0.25) is 0 Å². The molecule has 0 radical (unpaired) electrons. The Balaban J connectivity index is 2.01. The van der Waals surface area contributed by atoms with Gasteiger partial charge in [0.05, 0.1) is 19.2 Å². The number of nitrogens with zero attached hydrogens (tertiary/aromatic N) is 2. The van der Waals surface area contributed by atoms with Crippen molar-refractivity contribution in [3.05, 3.63) is 65.5 Å². The number of methoxy groups -OCH3 is 1. The zero-order chi connectivity index (χ0) is 19.8. The molecule has 1 amide bonds. The van der Waals surface area contributed by atoms with Crippen LogP contribution in [-0.4, -0.2) is 40.7 Å². The lowest BCUT2D eigenvalue weighted by molar-refractivity contribution is -0.297. The van der Waals surface area contributed by atoms with E-state index in [1.54, 1.807) is 0 Å². The van der Waals surface area contributed by atoms with Gasteiger partial charge in [0, 0.05) is 5.56 Å². The van der Waals surface area contributed by atoms with Crippen molar-refractivity contribution < 1.29 is 32.2 Å². The highest BCUT2D eigenvalue weighted by atomic mass is 19.4. The number of alkyl halides is 3. The highest BCUT2D eigenvalue weighted by molar-refractivity contribution is 6.05. The first-order valence-electron chi connectivity index (χ1n) is 7.77. The van der Waals surface area contributed by atoms with Crippen LogP contribution in [0, 0.1) is 5.82 Å². The van der Waals surface area contributed by atoms with E-state index < -0.39 is 30.0 Å². The van der Waals surface area contributed by atoms with Gasteiger partial charge in [-0.3, -0.25) is 4.79 Å². The van der Waals surface area contributed by atoms with E-state index in [0.717, 1.165) is 12.1 Å². The molecule has 5 nitrogen and oxygen atoms in total. The summed E-state index contributed by atoms with van der Waals surface area (Å²) in [5.41, 5.74) is -3.63. The van der Waals surface area contributed by atoms with Gasteiger partial charge in [0.25, 0.3) is 11.6 Å². The topological polar surface area (TPSA) is 62.1 Å². The van der Waals surface area contributed by atoms with Crippen molar-refractivity contribution >= 4 is 11.6 Å². The number of hydrazone groups is 1. The van der Waals surface area contributed by atoms with Gasteiger partial charge in [-0.1, -0.05) is 12.1 Å². The maximum Gasteiger partial charge on any atom is 0.438 e. The second kappa shape index (κ2) is 6.66. The van der Waals surface area contributed by atoms with E-state index in [0.29, 0.717) is 5.75 Å². The van der Waals surface area contributed by atoms with Crippen LogP contribution in [0.3, 0.4) is 0 Å². The fourth-order valence-corrected chi connectivity index (χ4v) is 2.64. The molecular weight excluding hydrogens is 368 g/mol. The normalized spacial score (nSPS) is 19.8. The predicted molar refractivity (Wildman–Crippen MR) is 87.7 cm³/mol. The zero-order valence-corrected chi connectivity index (χ0v) is 14.0. The molecule has 1 unspecified atom stereocenters. The monoisotopic (exact) mass is 382 g/mol.